The lowest BCUT2D eigenvalue weighted by Gasteiger charge is -2.11. The van der Waals surface area contributed by atoms with Gasteiger partial charge in [-0.05, 0) is 36.8 Å². The molecule has 0 aliphatic heterocycles. The SMILES string of the molecule is COc1ccc(C)cc1NC(=O)COC(=O)Cc1noc2ccccc12. The monoisotopic (exact) mass is 354 g/mol. The fourth-order valence-electron chi connectivity index (χ4n) is 2.51. The highest BCUT2D eigenvalue weighted by Crippen LogP contribution is 2.25. The maximum absolute atomic E-state index is 12.0. The van der Waals surface area contributed by atoms with Gasteiger partial charge in [0.25, 0.3) is 5.91 Å². The zero-order valence-corrected chi connectivity index (χ0v) is 14.4. The van der Waals surface area contributed by atoms with E-state index in [0.717, 1.165) is 10.9 Å². The van der Waals surface area contributed by atoms with E-state index in [4.69, 9.17) is 14.0 Å². The van der Waals surface area contributed by atoms with Crippen molar-refractivity contribution < 1.29 is 23.6 Å². The molecule has 0 aliphatic rings. The van der Waals surface area contributed by atoms with Crippen LogP contribution in [0.2, 0.25) is 0 Å². The molecule has 1 aromatic heterocycles. The quantitative estimate of drug-likeness (QED) is 0.685. The molecule has 1 amide bonds. The summed E-state index contributed by atoms with van der Waals surface area (Å²) in [6, 6.07) is 12.6. The highest BCUT2D eigenvalue weighted by atomic mass is 16.5. The number of nitrogens with zero attached hydrogens (tertiary/aromatic N) is 1. The van der Waals surface area contributed by atoms with Crippen molar-refractivity contribution in [3.8, 4) is 5.75 Å². The zero-order valence-electron chi connectivity index (χ0n) is 14.4. The third kappa shape index (κ3) is 4.00. The lowest BCUT2D eigenvalue weighted by Crippen LogP contribution is -2.22. The van der Waals surface area contributed by atoms with Crippen LogP contribution in [0.25, 0.3) is 11.0 Å². The summed E-state index contributed by atoms with van der Waals surface area (Å²) in [5, 5.41) is 7.29. The van der Waals surface area contributed by atoms with Gasteiger partial charge in [-0.1, -0.05) is 23.4 Å². The predicted octanol–water partition coefficient (Wildman–Crippen LogP) is 2.87. The fraction of sp³-hybridized carbons (Fsp3) is 0.211. The van der Waals surface area contributed by atoms with Gasteiger partial charge in [0.05, 0.1) is 19.2 Å². The molecule has 3 aromatic rings. The topological polar surface area (TPSA) is 90.7 Å². The number of carbonyl (C=O) groups is 2. The van der Waals surface area contributed by atoms with Crippen molar-refractivity contribution in [2.45, 2.75) is 13.3 Å². The molecule has 0 radical (unpaired) electrons. The molecular formula is C19H18N2O5. The Morgan fingerprint density at radius 3 is 2.81 bits per heavy atom. The molecule has 0 spiro atoms. The summed E-state index contributed by atoms with van der Waals surface area (Å²) in [4.78, 5) is 24.0. The second kappa shape index (κ2) is 7.69. The van der Waals surface area contributed by atoms with Crippen LogP contribution >= 0.6 is 0 Å². The Balaban J connectivity index is 1.56. The van der Waals surface area contributed by atoms with Crippen molar-refractivity contribution >= 4 is 28.5 Å². The smallest absolute Gasteiger partial charge is 0.312 e. The molecule has 0 saturated heterocycles. The molecule has 7 nitrogen and oxygen atoms in total. The average Bonchev–Trinajstić information content (AvgIpc) is 3.03. The summed E-state index contributed by atoms with van der Waals surface area (Å²) in [6.07, 6.45) is -0.0714. The average molecular weight is 354 g/mol. The number of aryl methyl sites for hydroxylation is 1. The van der Waals surface area contributed by atoms with E-state index in [9.17, 15) is 9.59 Å². The van der Waals surface area contributed by atoms with Crippen molar-refractivity contribution in [3.05, 3.63) is 53.7 Å². The van der Waals surface area contributed by atoms with Gasteiger partial charge in [0.1, 0.15) is 11.4 Å². The number of aromatic nitrogens is 1. The standard InChI is InChI=1S/C19H18N2O5/c1-12-7-8-17(24-2)15(9-12)20-18(22)11-25-19(23)10-14-13-5-3-4-6-16(13)26-21-14/h3-9H,10-11H2,1-2H3,(H,20,22). The number of fused-ring (bicyclic) bond motifs is 1. The minimum Gasteiger partial charge on any atom is -0.495 e. The Labute approximate surface area is 149 Å². The lowest BCUT2D eigenvalue weighted by molar-refractivity contribution is -0.146. The molecule has 0 unspecified atom stereocenters. The predicted molar refractivity (Wildman–Crippen MR) is 95.0 cm³/mol. The highest BCUT2D eigenvalue weighted by molar-refractivity contribution is 5.94. The maximum atomic E-state index is 12.0. The molecule has 0 saturated carbocycles. The molecule has 0 fully saturated rings. The molecule has 0 atom stereocenters. The van der Waals surface area contributed by atoms with Crippen LogP contribution in [-0.4, -0.2) is 30.7 Å². The number of hydrogen-bond donors (Lipinski definition) is 1. The van der Waals surface area contributed by atoms with Crippen LogP contribution in [0.4, 0.5) is 5.69 Å². The van der Waals surface area contributed by atoms with Crippen molar-refractivity contribution in [1.29, 1.82) is 0 Å². The molecule has 7 heteroatoms. The first kappa shape index (κ1) is 17.5. The van der Waals surface area contributed by atoms with E-state index < -0.39 is 18.5 Å². The Kier molecular flexibility index (Phi) is 5.17. The summed E-state index contributed by atoms with van der Waals surface area (Å²) >= 11 is 0. The molecule has 26 heavy (non-hydrogen) atoms. The van der Waals surface area contributed by atoms with Gasteiger partial charge in [-0.2, -0.15) is 0 Å². The van der Waals surface area contributed by atoms with Gasteiger partial charge in [0, 0.05) is 5.39 Å². The molecule has 2 aromatic carbocycles. The van der Waals surface area contributed by atoms with Gasteiger partial charge in [0.15, 0.2) is 12.2 Å². The summed E-state index contributed by atoms with van der Waals surface area (Å²) in [7, 11) is 1.52. The largest absolute Gasteiger partial charge is 0.495 e. The number of nitrogens with one attached hydrogen (secondary N) is 1. The molecule has 1 N–H and O–H groups in total. The molecule has 134 valence electrons. The molecule has 0 aliphatic carbocycles. The first-order valence-corrected chi connectivity index (χ1v) is 8.00. The summed E-state index contributed by atoms with van der Waals surface area (Å²) in [6.45, 7) is 1.50. The van der Waals surface area contributed by atoms with Crippen molar-refractivity contribution in [1.82, 2.24) is 5.16 Å². The number of methoxy groups -OCH3 is 1. The molecule has 0 bridgehead atoms. The fourth-order valence-corrected chi connectivity index (χ4v) is 2.51. The van der Waals surface area contributed by atoms with Crippen molar-refractivity contribution in [2.24, 2.45) is 0 Å². The first-order chi connectivity index (χ1) is 12.6. The number of anilines is 1. The van der Waals surface area contributed by atoms with Gasteiger partial charge in [-0.25, -0.2) is 0 Å². The van der Waals surface area contributed by atoms with Gasteiger partial charge >= 0.3 is 5.97 Å². The molecular weight excluding hydrogens is 336 g/mol. The van der Waals surface area contributed by atoms with Crippen LogP contribution in [-0.2, 0) is 20.7 Å². The zero-order chi connectivity index (χ0) is 18.5. The Hall–Kier alpha value is -3.35. The van der Waals surface area contributed by atoms with Gasteiger partial charge < -0.3 is 19.3 Å². The highest BCUT2D eigenvalue weighted by Gasteiger charge is 2.15. The van der Waals surface area contributed by atoms with Crippen molar-refractivity contribution in [2.75, 3.05) is 19.0 Å². The van der Waals surface area contributed by atoms with Gasteiger partial charge in [-0.3, -0.25) is 9.59 Å². The number of hydrogen-bond acceptors (Lipinski definition) is 6. The minimum atomic E-state index is -0.560. The first-order valence-electron chi connectivity index (χ1n) is 8.00. The number of para-hydroxylation sites is 1. The number of esters is 1. The Morgan fingerprint density at radius 1 is 1.19 bits per heavy atom. The van der Waals surface area contributed by atoms with Crippen LogP contribution < -0.4 is 10.1 Å². The van der Waals surface area contributed by atoms with E-state index in [2.05, 4.69) is 10.5 Å². The maximum Gasteiger partial charge on any atom is 0.312 e. The van der Waals surface area contributed by atoms with E-state index in [0.29, 0.717) is 22.7 Å². The summed E-state index contributed by atoms with van der Waals surface area (Å²) in [5.41, 5.74) is 2.57. The van der Waals surface area contributed by atoms with Crippen LogP contribution in [0, 0.1) is 6.92 Å². The van der Waals surface area contributed by atoms with Crippen LogP contribution in [0.15, 0.2) is 47.0 Å². The van der Waals surface area contributed by atoms with E-state index in [1.54, 1.807) is 18.2 Å². The van der Waals surface area contributed by atoms with Crippen molar-refractivity contribution in [3.63, 3.8) is 0 Å². The van der Waals surface area contributed by atoms with E-state index in [1.807, 2.05) is 31.2 Å². The van der Waals surface area contributed by atoms with E-state index >= 15 is 0 Å². The number of rotatable bonds is 6. The number of amides is 1. The Bertz CT molecular complexity index is 948. The van der Waals surface area contributed by atoms with E-state index in [1.165, 1.54) is 7.11 Å². The third-order valence-corrected chi connectivity index (χ3v) is 3.76. The Morgan fingerprint density at radius 2 is 2.00 bits per heavy atom. The summed E-state index contributed by atoms with van der Waals surface area (Å²) in [5.74, 6) is -0.480. The van der Waals surface area contributed by atoms with Gasteiger partial charge in [-0.15, -0.1) is 0 Å². The van der Waals surface area contributed by atoms with Gasteiger partial charge in [0.2, 0.25) is 0 Å². The third-order valence-electron chi connectivity index (χ3n) is 3.76. The minimum absolute atomic E-state index is 0.0714. The number of carbonyl (C=O) groups excluding carboxylic acids is 2. The molecule has 1 heterocycles. The summed E-state index contributed by atoms with van der Waals surface area (Å²) < 4.78 is 15.4. The number of ether oxygens (including phenoxy) is 2. The van der Waals surface area contributed by atoms with Crippen LogP contribution in [0.5, 0.6) is 5.75 Å². The molecule has 3 rings (SSSR count). The van der Waals surface area contributed by atoms with Crippen LogP contribution in [0.3, 0.4) is 0 Å². The van der Waals surface area contributed by atoms with E-state index in [-0.39, 0.29) is 6.42 Å². The second-order valence-corrected chi connectivity index (χ2v) is 5.71. The number of benzene rings is 2. The second-order valence-electron chi connectivity index (χ2n) is 5.71. The van der Waals surface area contributed by atoms with Crippen LogP contribution in [0.1, 0.15) is 11.3 Å². The lowest BCUT2D eigenvalue weighted by atomic mass is 10.2. The normalized spacial score (nSPS) is 10.5.